The topological polar surface area (TPSA) is 79.4 Å². The van der Waals surface area contributed by atoms with Crippen molar-refractivity contribution in [2.24, 2.45) is 0 Å². The molecule has 1 amide bonds. The summed E-state index contributed by atoms with van der Waals surface area (Å²) in [5.41, 5.74) is 1.85. The minimum atomic E-state index is -3.76. The number of aromatic nitrogens is 1. The summed E-state index contributed by atoms with van der Waals surface area (Å²) in [5.74, 6) is -0.0809. The molecule has 0 atom stereocenters. The Morgan fingerprint density at radius 1 is 0.938 bits per heavy atom. The summed E-state index contributed by atoms with van der Waals surface area (Å²) >= 11 is 1.32. The first-order chi connectivity index (χ1) is 15.4. The van der Waals surface area contributed by atoms with Gasteiger partial charge in [-0.3, -0.25) is 9.10 Å². The lowest BCUT2D eigenvalue weighted by molar-refractivity contribution is -0.113. The number of thioether (sulfide) groups is 1. The van der Waals surface area contributed by atoms with Gasteiger partial charge >= 0.3 is 0 Å². The molecule has 1 heterocycles. The van der Waals surface area contributed by atoms with Crippen LogP contribution in [0, 0.1) is 0 Å². The molecule has 32 heavy (non-hydrogen) atoms. The molecule has 4 rings (SSSR count). The number of sulfonamides is 1. The third-order valence-electron chi connectivity index (χ3n) is 4.82. The molecule has 0 saturated heterocycles. The highest BCUT2D eigenvalue weighted by Crippen LogP contribution is 2.24. The quantitative estimate of drug-likeness (QED) is 0.399. The van der Waals surface area contributed by atoms with Gasteiger partial charge in [0.25, 0.3) is 10.0 Å². The lowest BCUT2D eigenvalue weighted by Crippen LogP contribution is -2.26. The Kier molecular flexibility index (Phi) is 6.43. The Hall–Kier alpha value is -3.36. The summed E-state index contributed by atoms with van der Waals surface area (Å²) < 4.78 is 27.2. The van der Waals surface area contributed by atoms with Crippen LogP contribution in [0.5, 0.6) is 0 Å². The predicted molar refractivity (Wildman–Crippen MR) is 130 cm³/mol. The molecule has 3 aromatic carbocycles. The highest BCUT2D eigenvalue weighted by atomic mass is 32.2. The van der Waals surface area contributed by atoms with Gasteiger partial charge in [-0.15, -0.1) is 0 Å². The Morgan fingerprint density at radius 3 is 2.50 bits per heavy atom. The molecule has 1 N–H and O–H groups in total. The number of hydrogen-bond acceptors (Lipinski definition) is 5. The molecule has 1 aromatic heterocycles. The van der Waals surface area contributed by atoms with Gasteiger partial charge in [0.05, 0.1) is 26.9 Å². The first kappa shape index (κ1) is 21.9. The number of anilines is 2. The predicted octanol–water partition coefficient (Wildman–Crippen LogP) is 4.79. The zero-order valence-corrected chi connectivity index (χ0v) is 18.9. The minimum Gasteiger partial charge on any atom is -0.325 e. The van der Waals surface area contributed by atoms with Gasteiger partial charge in [-0.25, -0.2) is 13.4 Å². The second-order valence-electron chi connectivity index (χ2n) is 7.01. The first-order valence-corrected chi connectivity index (χ1v) is 12.3. The van der Waals surface area contributed by atoms with E-state index in [2.05, 4.69) is 10.3 Å². The molecule has 162 valence electrons. The molecule has 0 bridgehead atoms. The van der Waals surface area contributed by atoms with Gasteiger partial charge in [0, 0.05) is 18.1 Å². The van der Waals surface area contributed by atoms with E-state index in [-0.39, 0.29) is 16.6 Å². The van der Waals surface area contributed by atoms with Crippen LogP contribution in [0.2, 0.25) is 0 Å². The number of pyridine rings is 1. The van der Waals surface area contributed by atoms with Crippen LogP contribution in [-0.2, 0) is 14.8 Å². The van der Waals surface area contributed by atoms with Crippen LogP contribution in [0.1, 0.15) is 0 Å². The maximum Gasteiger partial charge on any atom is 0.264 e. The number of rotatable bonds is 7. The number of fused-ring (bicyclic) bond motifs is 1. The number of amides is 1. The molecule has 0 unspecified atom stereocenters. The summed E-state index contributed by atoms with van der Waals surface area (Å²) in [7, 11) is -2.26. The molecular weight excluding hydrogens is 442 g/mol. The fraction of sp³-hybridized carbons (Fsp3) is 0.0833. The van der Waals surface area contributed by atoms with Crippen LogP contribution in [0.15, 0.2) is 101 Å². The lowest BCUT2D eigenvalue weighted by atomic mass is 10.2. The maximum atomic E-state index is 13.0. The zero-order chi connectivity index (χ0) is 22.6. The van der Waals surface area contributed by atoms with E-state index in [1.807, 2.05) is 42.5 Å². The molecule has 8 heteroatoms. The smallest absolute Gasteiger partial charge is 0.264 e. The van der Waals surface area contributed by atoms with Gasteiger partial charge in [-0.2, -0.15) is 0 Å². The lowest BCUT2D eigenvalue weighted by Gasteiger charge is -2.19. The van der Waals surface area contributed by atoms with E-state index in [0.717, 1.165) is 15.9 Å². The molecule has 4 aromatic rings. The van der Waals surface area contributed by atoms with Gasteiger partial charge < -0.3 is 5.32 Å². The number of carbonyl (C=O) groups excluding carboxylic acids is 1. The molecule has 6 nitrogen and oxygen atoms in total. The van der Waals surface area contributed by atoms with Crippen molar-refractivity contribution >= 4 is 50.0 Å². The molecular formula is C24H21N3O3S2. The summed E-state index contributed by atoms with van der Waals surface area (Å²) in [4.78, 5) is 17.1. The molecule has 0 spiro atoms. The van der Waals surface area contributed by atoms with Crippen molar-refractivity contribution in [2.75, 3.05) is 22.4 Å². The minimum absolute atomic E-state index is 0.102. The molecule has 0 radical (unpaired) electrons. The Labute approximate surface area is 191 Å². The highest BCUT2D eigenvalue weighted by Gasteiger charge is 2.21. The zero-order valence-electron chi connectivity index (χ0n) is 17.3. The van der Waals surface area contributed by atoms with Crippen molar-refractivity contribution in [1.82, 2.24) is 4.98 Å². The van der Waals surface area contributed by atoms with Gasteiger partial charge in [0.2, 0.25) is 5.91 Å². The Morgan fingerprint density at radius 2 is 1.69 bits per heavy atom. The number of hydrogen-bond donors (Lipinski definition) is 1. The summed E-state index contributed by atoms with van der Waals surface area (Å²) in [6.45, 7) is 0. The van der Waals surface area contributed by atoms with Crippen molar-refractivity contribution in [3.63, 3.8) is 0 Å². The molecule has 0 aliphatic rings. The van der Waals surface area contributed by atoms with Gasteiger partial charge in [-0.1, -0.05) is 60.3 Å². The van der Waals surface area contributed by atoms with Crippen molar-refractivity contribution in [2.45, 2.75) is 9.92 Å². The summed E-state index contributed by atoms with van der Waals surface area (Å²) in [6, 6.07) is 26.7. The fourth-order valence-electron chi connectivity index (χ4n) is 3.13. The van der Waals surface area contributed by atoms with E-state index < -0.39 is 10.0 Å². The second-order valence-corrected chi connectivity index (χ2v) is 9.98. The molecule has 0 fully saturated rings. The van der Waals surface area contributed by atoms with Gasteiger partial charge in [0.1, 0.15) is 0 Å². The second kappa shape index (κ2) is 9.42. The highest BCUT2D eigenvalue weighted by molar-refractivity contribution is 7.99. The first-order valence-electron chi connectivity index (χ1n) is 9.86. The van der Waals surface area contributed by atoms with Crippen LogP contribution in [0.3, 0.4) is 0 Å². The van der Waals surface area contributed by atoms with E-state index in [0.29, 0.717) is 11.4 Å². The Bertz CT molecular complexity index is 1360. The third-order valence-corrected chi connectivity index (χ3v) is 7.53. The number of nitrogens with zero attached hydrogens (tertiary/aromatic N) is 2. The molecule has 0 aliphatic carbocycles. The van der Waals surface area contributed by atoms with Crippen LogP contribution >= 0.6 is 11.8 Å². The van der Waals surface area contributed by atoms with Gasteiger partial charge in [-0.05, 0) is 42.5 Å². The van der Waals surface area contributed by atoms with Crippen LogP contribution in [0.25, 0.3) is 10.9 Å². The van der Waals surface area contributed by atoms with Crippen LogP contribution < -0.4 is 9.62 Å². The number of para-hydroxylation sites is 2. The van der Waals surface area contributed by atoms with E-state index in [9.17, 15) is 13.2 Å². The largest absolute Gasteiger partial charge is 0.325 e. The third kappa shape index (κ3) is 4.92. The average molecular weight is 464 g/mol. The number of nitrogens with one attached hydrogen (secondary N) is 1. The van der Waals surface area contributed by atoms with Crippen molar-refractivity contribution in [1.29, 1.82) is 0 Å². The van der Waals surface area contributed by atoms with Gasteiger partial charge in [0.15, 0.2) is 0 Å². The van der Waals surface area contributed by atoms with Crippen LogP contribution in [-0.4, -0.2) is 32.1 Å². The molecule has 0 aliphatic heterocycles. The van der Waals surface area contributed by atoms with E-state index >= 15 is 0 Å². The van der Waals surface area contributed by atoms with Crippen molar-refractivity contribution < 1.29 is 13.2 Å². The van der Waals surface area contributed by atoms with E-state index in [1.165, 1.54) is 35.2 Å². The fourth-order valence-corrected chi connectivity index (χ4v) is 5.05. The SMILES string of the molecule is CN(c1ccccc1)S(=O)(=O)c1cccc(NC(=O)CSc2ccc3ccccc3n2)c1. The monoisotopic (exact) mass is 463 g/mol. The summed E-state index contributed by atoms with van der Waals surface area (Å²) in [6.07, 6.45) is 0. The van der Waals surface area contributed by atoms with E-state index in [4.69, 9.17) is 0 Å². The van der Waals surface area contributed by atoms with E-state index in [1.54, 1.807) is 36.4 Å². The standard InChI is InChI=1S/C24H21N3O3S2/c1-27(20-10-3-2-4-11-20)32(29,30)21-12-7-9-19(16-21)25-23(28)17-31-24-15-14-18-8-5-6-13-22(18)26-24/h2-16H,17H2,1H3,(H,25,28). The average Bonchev–Trinajstić information content (AvgIpc) is 2.83. The normalized spacial score (nSPS) is 11.3. The Balaban J connectivity index is 1.43. The van der Waals surface area contributed by atoms with Crippen molar-refractivity contribution in [3.05, 3.63) is 91.0 Å². The molecule has 0 saturated carbocycles. The number of carbonyl (C=O) groups is 1. The number of benzene rings is 3. The van der Waals surface area contributed by atoms with Crippen molar-refractivity contribution in [3.8, 4) is 0 Å². The maximum absolute atomic E-state index is 13.0. The van der Waals surface area contributed by atoms with Crippen LogP contribution in [0.4, 0.5) is 11.4 Å². The summed E-state index contributed by atoms with van der Waals surface area (Å²) in [5, 5.41) is 4.56.